The maximum Gasteiger partial charge on any atom is 0.180 e. The average Bonchev–Trinajstić information content (AvgIpc) is 2.71. The lowest BCUT2D eigenvalue weighted by Crippen LogP contribution is -2.15. The number of thiazole rings is 1. The lowest BCUT2D eigenvalue weighted by atomic mass is 9.90. The first-order valence-corrected chi connectivity index (χ1v) is 7.21. The molecule has 1 heterocycles. The lowest BCUT2D eigenvalue weighted by Gasteiger charge is -2.18. The summed E-state index contributed by atoms with van der Waals surface area (Å²) in [5.74, 6) is -1.02. The number of aryl methyl sites for hydroxylation is 1. The van der Waals surface area contributed by atoms with Crippen LogP contribution in [0.2, 0.25) is 0 Å². The number of anilines is 1. The zero-order valence-corrected chi connectivity index (χ0v) is 12.9. The van der Waals surface area contributed by atoms with Crippen molar-refractivity contribution in [1.29, 1.82) is 0 Å². The van der Waals surface area contributed by atoms with Gasteiger partial charge >= 0.3 is 0 Å². The molecule has 2 aromatic rings. The van der Waals surface area contributed by atoms with E-state index in [4.69, 9.17) is 5.73 Å². The molecule has 0 saturated carbocycles. The van der Waals surface area contributed by atoms with E-state index in [2.05, 4.69) is 4.98 Å². The maximum atomic E-state index is 14.1. The van der Waals surface area contributed by atoms with Gasteiger partial charge in [0.15, 0.2) is 5.13 Å². The van der Waals surface area contributed by atoms with E-state index in [1.54, 1.807) is 6.92 Å². The van der Waals surface area contributed by atoms with Crippen LogP contribution in [0, 0.1) is 18.6 Å². The summed E-state index contributed by atoms with van der Waals surface area (Å²) in [4.78, 5) is 5.13. The number of halogens is 2. The van der Waals surface area contributed by atoms with Gasteiger partial charge in [-0.1, -0.05) is 26.8 Å². The van der Waals surface area contributed by atoms with Gasteiger partial charge in [0.2, 0.25) is 0 Å². The molecule has 0 atom stereocenters. The Morgan fingerprint density at radius 3 is 2.50 bits per heavy atom. The van der Waals surface area contributed by atoms with Crippen LogP contribution in [0.4, 0.5) is 13.9 Å². The normalized spacial score (nSPS) is 11.9. The molecule has 1 aromatic heterocycles. The number of benzene rings is 1. The third-order valence-corrected chi connectivity index (χ3v) is 4.03. The van der Waals surface area contributed by atoms with Gasteiger partial charge in [-0.3, -0.25) is 0 Å². The highest BCUT2D eigenvalue weighted by atomic mass is 32.1. The summed E-state index contributed by atoms with van der Waals surface area (Å²) in [6.45, 7) is 7.65. The zero-order chi connectivity index (χ0) is 15.1. The van der Waals surface area contributed by atoms with Crippen molar-refractivity contribution >= 4 is 16.5 Å². The van der Waals surface area contributed by atoms with Crippen molar-refractivity contribution in [1.82, 2.24) is 4.98 Å². The molecule has 0 fully saturated rings. The van der Waals surface area contributed by atoms with Crippen LogP contribution < -0.4 is 5.73 Å². The first-order valence-electron chi connectivity index (χ1n) is 6.39. The number of nitrogens with zero attached hydrogens (tertiary/aromatic N) is 1. The van der Waals surface area contributed by atoms with E-state index in [-0.39, 0.29) is 17.4 Å². The number of hydrogen-bond acceptors (Lipinski definition) is 3. The Hall–Kier alpha value is -1.49. The van der Waals surface area contributed by atoms with E-state index in [0.29, 0.717) is 10.7 Å². The quantitative estimate of drug-likeness (QED) is 0.902. The van der Waals surface area contributed by atoms with E-state index in [0.717, 1.165) is 10.6 Å². The Morgan fingerprint density at radius 1 is 1.25 bits per heavy atom. The molecule has 108 valence electrons. The van der Waals surface area contributed by atoms with Crippen molar-refractivity contribution in [2.45, 2.75) is 39.5 Å². The second kappa shape index (κ2) is 5.13. The van der Waals surface area contributed by atoms with Crippen molar-refractivity contribution in [3.8, 4) is 0 Å². The molecule has 0 amide bonds. The fourth-order valence-electron chi connectivity index (χ4n) is 2.11. The summed E-state index contributed by atoms with van der Waals surface area (Å²) in [6, 6.07) is 2.74. The molecule has 0 bridgehead atoms. The summed E-state index contributed by atoms with van der Waals surface area (Å²) >= 11 is 1.29. The van der Waals surface area contributed by atoms with Crippen molar-refractivity contribution < 1.29 is 8.78 Å². The van der Waals surface area contributed by atoms with E-state index >= 15 is 0 Å². The molecule has 0 spiro atoms. The molecule has 0 radical (unpaired) electrons. The van der Waals surface area contributed by atoms with Gasteiger partial charge in [0, 0.05) is 22.3 Å². The Labute approximate surface area is 121 Å². The third-order valence-electron chi connectivity index (χ3n) is 3.14. The molecule has 0 aliphatic heterocycles. The van der Waals surface area contributed by atoms with Gasteiger partial charge in [-0.15, -0.1) is 11.3 Å². The summed E-state index contributed by atoms with van der Waals surface area (Å²) in [5, 5.41) is 0.429. The predicted molar refractivity (Wildman–Crippen MR) is 79.1 cm³/mol. The van der Waals surface area contributed by atoms with E-state index in [9.17, 15) is 8.78 Å². The Kier molecular flexibility index (Phi) is 3.82. The van der Waals surface area contributed by atoms with Gasteiger partial charge < -0.3 is 5.73 Å². The standard InChI is InChI=1S/C15H18F2N2S/c1-8-5-6-10(16)9(12(8)17)7-11-13(15(2,3)4)19-14(18)20-11/h5-6H,7H2,1-4H3,(H2,18,19). The fourth-order valence-corrected chi connectivity index (χ4v) is 3.17. The van der Waals surface area contributed by atoms with E-state index in [1.165, 1.54) is 23.5 Å². The Bertz CT molecular complexity index is 642. The highest BCUT2D eigenvalue weighted by Crippen LogP contribution is 2.33. The molecule has 0 saturated heterocycles. The summed E-state index contributed by atoms with van der Waals surface area (Å²) in [5.41, 5.74) is 6.88. The summed E-state index contributed by atoms with van der Waals surface area (Å²) < 4.78 is 28.0. The minimum atomic E-state index is -0.528. The fraction of sp³-hybridized carbons (Fsp3) is 0.400. The molecule has 2 rings (SSSR count). The first-order chi connectivity index (χ1) is 9.20. The Balaban J connectivity index is 2.49. The Morgan fingerprint density at radius 2 is 1.90 bits per heavy atom. The number of hydrogen-bond donors (Lipinski definition) is 1. The van der Waals surface area contributed by atoms with Crippen LogP contribution >= 0.6 is 11.3 Å². The van der Waals surface area contributed by atoms with E-state index < -0.39 is 11.6 Å². The third kappa shape index (κ3) is 2.82. The number of aromatic nitrogens is 1. The van der Waals surface area contributed by atoms with Crippen LogP contribution in [0.15, 0.2) is 12.1 Å². The summed E-state index contributed by atoms with van der Waals surface area (Å²) in [7, 11) is 0. The summed E-state index contributed by atoms with van der Waals surface area (Å²) in [6.07, 6.45) is 0.181. The highest BCUT2D eigenvalue weighted by Gasteiger charge is 2.24. The number of rotatable bonds is 2. The minimum absolute atomic E-state index is 0.0825. The van der Waals surface area contributed by atoms with Crippen LogP contribution in [-0.2, 0) is 11.8 Å². The van der Waals surface area contributed by atoms with Gasteiger partial charge in [-0.25, -0.2) is 13.8 Å². The SMILES string of the molecule is Cc1ccc(F)c(Cc2sc(N)nc2C(C)(C)C)c1F. The molecule has 1 aromatic carbocycles. The van der Waals surface area contributed by atoms with Crippen LogP contribution in [-0.4, -0.2) is 4.98 Å². The van der Waals surface area contributed by atoms with Crippen molar-refractivity contribution in [2.75, 3.05) is 5.73 Å². The molecule has 0 aliphatic rings. The highest BCUT2D eigenvalue weighted by molar-refractivity contribution is 7.15. The van der Waals surface area contributed by atoms with Crippen LogP contribution in [0.3, 0.4) is 0 Å². The maximum absolute atomic E-state index is 14.1. The zero-order valence-electron chi connectivity index (χ0n) is 12.1. The van der Waals surface area contributed by atoms with Crippen molar-refractivity contribution in [2.24, 2.45) is 0 Å². The van der Waals surface area contributed by atoms with Crippen LogP contribution in [0.5, 0.6) is 0 Å². The molecule has 2 N–H and O–H groups in total. The van der Waals surface area contributed by atoms with Gasteiger partial charge in [0.1, 0.15) is 11.6 Å². The first kappa shape index (κ1) is 14.9. The lowest BCUT2D eigenvalue weighted by molar-refractivity contribution is 0.548. The number of nitrogen functional groups attached to an aromatic ring is 1. The molecule has 2 nitrogen and oxygen atoms in total. The van der Waals surface area contributed by atoms with Crippen LogP contribution in [0.25, 0.3) is 0 Å². The smallest absolute Gasteiger partial charge is 0.180 e. The largest absolute Gasteiger partial charge is 0.375 e. The van der Waals surface area contributed by atoms with Gasteiger partial charge in [0.25, 0.3) is 0 Å². The molecule has 5 heteroatoms. The molecule has 0 unspecified atom stereocenters. The van der Waals surface area contributed by atoms with Crippen molar-refractivity contribution in [3.63, 3.8) is 0 Å². The molecule has 20 heavy (non-hydrogen) atoms. The topological polar surface area (TPSA) is 38.9 Å². The van der Waals surface area contributed by atoms with Gasteiger partial charge in [-0.05, 0) is 18.6 Å². The average molecular weight is 296 g/mol. The molecular weight excluding hydrogens is 278 g/mol. The number of nitrogens with two attached hydrogens (primary N) is 1. The van der Waals surface area contributed by atoms with E-state index in [1.807, 2.05) is 20.8 Å². The van der Waals surface area contributed by atoms with Crippen LogP contribution in [0.1, 0.15) is 42.5 Å². The molecule has 0 aliphatic carbocycles. The predicted octanol–water partition coefficient (Wildman–Crippen LogP) is 4.20. The minimum Gasteiger partial charge on any atom is -0.375 e. The molecular formula is C15H18F2N2S. The van der Waals surface area contributed by atoms with Gasteiger partial charge in [0.05, 0.1) is 5.69 Å². The monoisotopic (exact) mass is 296 g/mol. The second-order valence-electron chi connectivity index (χ2n) is 5.91. The second-order valence-corrected chi connectivity index (χ2v) is 7.02. The van der Waals surface area contributed by atoms with Crippen molar-refractivity contribution in [3.05, 3.63) is 45.5 Å². The van der Waals surface area contributed by atoms with Gasteiger partial charge in [-0.2, -0.15) is 0 Å².